The maximum Gasteiger partial charge on any atom is 0.138 e. The minimum atomic E-state index is 0.413. The number of aryl methyl sites for hydroxylation is 1. The summed E-state index contributed by atoms with van der Waals surface area (Å²) in [7, 11) is 1.83. The Labute approximate surface area is 116 Å². The van der Waals surface area contributed by atoms with Crippen LogP contribution in [0.3, 0.4) is 0 Å². The molecule has 6 heteroatoms. The lowest BCUT2D eigenvalue weighted by Crippen LogP contribution is -1.99. The zero-order chi connectivity index (χ0) is 12.3. The second-order valence-corrected chi connectivity index (χ2v) is 4.95. The van der Waals surface area contributed by atoms with Gasteiger partial charge in [-0.25, -0.2) is 0 Å². The van der Waals surface area contributed by atoms with Gasteiger partial charge in [-0.05, 0) is 22.0 Å². The molecule has 0 radical (unpaired) electrons. The third kappa shape index (κ3) is 3.07. The first kappa shape index (κ1) is 12.6. The van der Waals surface area contributed by atoms with Crippen LogP contribution >= 0.6 is 31.9 Å². The number of rotatable bonds is 4. The van der Waals surface area contributed by atoms with Gasteiger partial charge in [0.15, 0.2) is 0 Å². The molecular weight excluding hydrogens is 350 g/mol. The van der Waals surface area contributed by atoms with Crippen molar-refractivity contribution in [2.45, 2.75) is 11.9 Å². The van der Waals surface area contributed by atoms with Gasteiger partial charge < -0.3 is 4.74 Å². The van der Waals surface area contributed by atoms with Crippen molar-refractivity contribution in [2.24, 2.45) is 7.05 Å². The summed E-state index contributed by atoms with van der Waals surface area (Å²) in [6.07, 6.45) is 1.84. The second kappa shape index (κ2) is 5.64. The molecule has 0 unspecified atom stereocenters. The molecule has 4 nitrogen and oxygen atoms in total. The number of benzene rings is 1. The molecule has 2 aromatic rings. The Morgan fingerprint density at radius 3 is 2.88 bits per heavy atom. The Bertz CT molecular complexity index is 513. The molecule has 90 valence electrons. The number of hydrogen-bond acceptors (Lipinski definition) is 3. The van der Waals surface area contributed by atoms with Crippen LogP contribution in [0.25, 0.3) is 0 Å². The smallest absolute Gasteiger partial charge is 0.138 e. The normalized spacial score (nSPS) is 10.5. The van der Waals surface area contributed by atoms with Gasteiger partial charge in [0.1, 0.15) is 18.1 Å². The summed E-state index contributed by atoms with van der Waals surface area (Å²) in [6.45, 7) is 0.413. The number of nitrogens with zero attached hydrogens (tertiary/aromatic N) is 3. The Kier molecular flexibility index (Phi) is 4.17. The number of aromatic nitrogens is 3. The molecule has 0 N–H and O–H groups in total. The molecule has 0 atom stereocenters. The predicted molar refractivity (Wildman–Crippen MR) is 72.1 cm³/mol. The lowest BCUT2D eigenvalue weighted by atomic mass is 10.2. The number of para-hydroxylation sites is 1. The molecule has 2 rings (SSSR count). The van der Waals surface area contributed by atoms with Crippen LogP contribution in [-0.2, 0) is 19.0 Å². The van der Waals surface area contributed by atoms with E-state index in [2.05, 4.69) is 42.2 Å². The topological polar surface area (TPSA) is 39.9 Å². The van der Waals surface area contributed by atoms with E-state index in [1.807, 2.05) is 31.4 Å². The van der Waals surface area contributed by atoms with Gasteiger partial charge >= 0.3 is 0 Å². The number of halogens is 2. The average molecular weight is 361 g/mol. The van der Waals surface area contributed by atoms with Gasteiger partial charge in [-0.1, -0.05) is 33.3 Å². The molecule has 1 aromatic carbocycles. The van der Waals surface area contributed by atoms with E-state index in [-0.39, 0.29) is 0 Å². The fourth-order valence-electron chi connectivity index (χ4n) is 1.43. The highest BCUT2D eigenvalue weighted by Gasteiger charge is 2.08. The van der Waals surface area contributed by atoms with E-state index in [0.29, 0.717) is 6.61 Å². The Morgan fingerprint density at radius 1 is 1.41 bits per heavy atom. The van der Waals surface area contributed by atoms with Crippen LogP contribution in [-0.4, -0.2) is 15.0 Å². The molecule has 0 bridgehead atoms. The Hall–Kier alpha value is -0.880. The van der Waals surface area contributed by atoms with Crippen molar-refractivity contribution in [1.82, 2.24) is 15.0 Å². The lowest BCUT2D eigenvalue weighted by molar-refractivity contribution is 0.297. The highest BCUT2D eigenvalue weighted by molar-refractivity contribution is 9.10. The zero-order valence-electron chi connectivity index (χ0n) is 9.23. The number of hydrogen-bond donors (Lipinski definition) is 0. The molecule has 0 aliphatic rings. The van der Waals surface area contributed by atoms with Crippen molar-refractivity contribution in [1.29, 1.82) is 0 Å². The molecule has 17 heavy (non-hydrogen) atoms. The second-order valence-electron chi connectivity index (χ2n) is 3.53. The third-order valence-corrected chi connectivity index (χ3v) is 3.44. The Morgan fingerprint density at radius 2 is 2.24 bits per heavy atom. The van der Waals surface area contributed by atoms with Crippen molar-refractivity contribution in [3.8, 4) is 5.75 Å². The minimum Gasteiger partial charge on any atom is -0.486 e. The van der Waals surface area contributed by atoms with Gasteiger partial charge in [0.25, 0.3) is 0 Å². The summed E-state index contributed by atoms with van der Waals surface area (Å²) >= 11 is 6.92. The van der Waals surface area contributed by atoms with E-state index in [9.17, 15) is 0 Å². The first-order valence-electron chi connectivity index (χ1n) is 5.02. The van der Waals surface area contributed by atoms with Crippen LogP contribution in [0.1, 0.15) is 11.3 Å². The molecule has 0 amide bonds. The van der Waals surface area contributed by atoms with Crippen LogP contribution in [0.15, 0.2) is 28.9 Å². The Balaban J connectivity index is 2.13. The average Bonchev–Trinajstić information content (AvgIpc) is 2.73. The van der Waals surface area contributed by atoms with Crippen LogP contribution in [0.4, 0.5) is 0 Å². The summed E-state index contributed by atoms with van der Waals surface area (Å²) in [5, 5.41) is 8.59. The van der Waals surface area contributed by atoms with Crippen LogP contribution < -0.4 is 4.74 Å². The monoisotopic (exact) mass is 359 g/mol. The third-order valence-electron chi connectivity index (χ3n) is 2.21. The molecule has 1 aromatic heterocycles. The highest BCUT2D eigenvalue weighted by Crippen LogP contribution is 2.30. The quantitative estimate of drug-likeness (QED) is 0.786. The summed E-state index contributed by atoms with van der Waals surface area (Å²) in [6, 6.07) is 5.96. The van der Waals surface area contributed by atoms with Crippen molar-refractivity contribution in [3.63, 3.8) is 0 Å². The lowest BCUT2D eigenvalue weighted by Gasteiger charge is -2.10. The molecule has 0 saturated heterocycles. The van der Waals surface area contributed by atoms with Gasteiger partial charge in [0.05, 0.1) is 10.7 Å². The molecule has 0 fully saturated rings. The number of alkyl halides is 1. The van der Waals surface area contributed by atoms with Gasteiger partial charge in [-0.3, -0.25) is 4.68 Å². The van der Waals surface area contributed by atoms with E-state index in [1.165, 1.54) is 0 Å². The summed E-state index contributed by atoms with van der Waals surface area (Å²) in [4.78, 5) is 0. The van der Waals surface area contributed by atoms with E-state index in [0.717, 1.165) is 26.8 Å². The SMILES string of the molecule is Cn1cc(COc2c(Br)cccc2CBr)nn1. The zero-order valence-corrected chi connectivity index (χ0v) is 12.4. The maximum atomic E-state index is 5.77. The fraction of sp³-hybridized carbons (Fsp3) is 0.273. The standard InChI is InChI=1S/C11H11Br2N3O/c1-16-6-9(14-15-16)7-17-11-8(5-12)3-2-4-10(11)13/h2-4,6H,5,7H2,1H3. The minimum absolute atomic E-state index is 0.413. The molecule has 0 aliphatic heterocycles. The summed E-state index contributed by atoms with van der Waals surface area (Å²) < 4.78 is 8.37. The fourth-order valence-corrected chi connectivity index (χ4v) is 2.39. The summed E-state index contributed by atoms with van der Waals surface area (Å²) in [5.41, 5.74) is 1.91. The van der Waals surface area contributed by atoms with E-state index < -0.39 is 0 Å². The largest absolute Gasteiger partial charge is 0.486 e. The van der Waals surface area contributed by atoms with Crippen molar-refractivity contribution in [3.05, 3.63) is 40.1 Å². The highest BCUT2D eigenvalue weighted by atomic mass is 79.9. The predicted octanol–water partition coefficient (Wildman–Crippen LogP) is 3.05. The first-order valence-corrected chi connectivity index (χ1v) is 6.93. The first-order chi connectivity index (χ1) is 8.20. The van der Waals surface area contributed by atoms with E-state index >= 15 is 0 Å². The molecule has 0 aliphatic carbocycles. The molecule has 0 spiro atoms. The van der Waals surface area contributed by atoms with Crippen molar-refractivity contribution < 1.29 is 4.74 Å². The molecule has 1 heterocycles. The van der Waals surface area contributed by atoms with Crippen LogP contribution in [0.2, 0.25) is 0 Å². The van der Waals surface area contributed by atoms with Gasteiger partial charge in [0, 0.05) is 17.9 Å². The van der Waals surface area contributed by atoms with Gasteiger partial charge in [0.2, 0.25) is 0 Å². The number of ether oxygens (including phenoxy) is 1. The summed E-state index contributed by atoms with van der Waals surface area (Å²) in [5.74, 6) is 0.843. The van der Waals surface area contributed by atoms with Crippen molar-refractivity contribution >= 4 is 31.9 Å². The van der Waals surface area contributed by atoms with E-state index in [4.69, 9.17) is 4.74 Å². The van der Waals surface area contributed by atoms with Crippen LogP contribution in [0.5, 0.6) is 5.75 Å². The van der Waals surface area contributed by atoms with E-state index in [1.54, 1.807) is 4.68 Å². The van der Waals surface area contributed by atoms with Gasteiger partial charge in [-0.2, -0.15) is 0 Å². The molecule has 0 saturated carbocycles. The molecular formula is C11H11Br2N3O. The van der Waals surface area contributed by atoms with Crippen LogP contribution in [0, 0.1) is 0 Å². The van der Waals surface area contributed by atoms with Gasteiger partial charge in [-0.15, -0.1) is 5.10 Å². The maximum absolute atomic E-state index is 5.77. The van der Waals surface area contributed by atoms with Crippen molar-refractivity contribution in [2.75, 3.05) is 0 Å².